The predicted molar refractivity (Wildman–Crippen MR) is 65.0 cm³/mol. The molecule has 1 saturated heterocycles. The molecule has 1 heterocycles. The summed E-state index contributed by atoms with van der Waals surface area (Å²) in [6.07, 6.45) is 0.311. The van der Waals surface area contributed by atoms with Crippen LogP contribution in [0.25, 0.3) is 0 Å². The molecule has 0 unspecified atom stereocenters. The topological polar surface area (TPSA) is 38.3 Å². The summed E-state index contributed by atoms with van der Waals surface area (Å²) in [5, 5.41) is 2.81. The van der Waals surface area contributed by atoms with E-state index in [1.807, 2.05) is 0 Å². The lowest BCUT2D eigenvalue weighted by atomic mass is 9.92. The molecule has 1 aliphatic heterocycles. The van der Waals surface area contributed by atoms with Gasteiger partial charge in [0, 0.05) is 16.5 Å². The SMILES string of the molecule is C[C@@]1(c2cc(Br)ccc2F)COCCC(=O)N1. The minimum Gasteiger partial charge on any atom is -0.378 e. The molecule has 0 saturated carbocycles. The molecule has 92 valence electrons. The minimum atomic E-state index is -0.818. The quantitative estimate of drug-likeness (QED) is 0.865. The molecule has 0 spiro atoms. The van der Waals surface area contributed by atoms with Gasteiger partial charge in [-0.2, -0.15) is 0 Å². The molecular formula is C12H13BrFNO2. The van der Waals surface area contributed by atoms with Crippen LogP contribution >= 0.6 is 15.9 Å². The van der Waals surface area contributed by atoms with Crippen LogP contribution in [0.1, 0.15) is 18.9 Å². The molecule has 3 nitrogen and oxygen atoms in total. The fourth-order valence-corrected chi connectivity index (χ4v) is 2.27. The molecule has 1 atom stereocenters. The fourth-order valence-electron chi connectivity index (χ4n) is 1.91. The summed E-state index contributed by atoms with van der Waals surface area (Å²) in [6, 6.07) is 4.67. The lowest BCUT2D eigenvalue weighted by Gasteiger charge is -2.29. The zero-order chi connectivity index (χ0) is 12.5. The number of carbonyl (C=O) groups excluding carboxylic acids is 1. The van der Waals surface area contributed by atoms with Crippen LogP contribution in [0.4, 0.5) is 4.39 Å². The van der Waals surface area contributed by atoms with Crippen LogP contribution < -0.4 is 5.32 Å². The van der Waals surface area contributed by atoms with E-state index in [4.69, 9.17) is 4.74 Å². The zero-order valence-corrected chi connectivity index (χ0v) is 11.0. The van der Waals surface area contributed by atoms with Gasteiger partial charge in [-0.15, -0.1) is 0 Å². The average Bonchev–Trinajstić information content (AvgIpc) is 2.44. The van der Waals surface area contributed by atoms with Gasteiger partial charge in [0.2, 0.25) is 5.91 Å². The van der Waals surface area contributed by atoms with Crippen molar-refractivity contribution in [1.82, 2.24) is 5.32 Å². The van der Waals surface area contributed by atoms with Gasteiger partial charge in [-0.1, -0.05) is 15.9 Å². The van der Waals surface area contributed by atoms with Crippen LogP contribution in [0.5, 0.6) is 0 Å². The summed E-state index contributed by atoms with van der Waals surface area (Å²) in [6.45, 7) is 2.41. The van der Waals surface area contributed by atoms with Crippen molar-refractivity contribution in [1.29, 1.82) is 0 Å². The van der Waals surface area contributed by atoms with E-state index in [9.17, 15) is 9.18 Å². The van der Waals surface area contributed by atoms with Crippen molar-refractivity contribution in [3.8, 4) is 0 Å². The van der Waals surface area contributed by atoms with Crippen LogP contribution in [0.15, 0.2) is 22.7 Å². The fraction of sp³-hybridized carbons (Fsp3) is 0.417. The van der Waals surface area contributed by atoms with E-state index in [1.54, 1.807) is 19.1 Å². The van der Waals surface area contributed by atoms with Gasteiger partial charge in [0.05, 0.1) is 18.8 Å². The Morgan fingerprint density at radius 3 is 3.06 bits per heavy atom. The van der Waals surface area contributed by atoms with E-state index >= 15 is 0 Å². The number of nitrogens with one attached hydrogen (secondary N) is 1. The Morgan fingerprint density at radius 1 is 1.53 bits per heavy atom. The predicted octanol–water partition coefficient (Wildman–Crippen LogP) is 2.34. The molecule has 2 rings (SSSR count). The normalized spacial score (nSPS) is 25.2. The third kappa shape index (κ3) is 2.66. The summed E-state index contributed by atoms with van der Waals surface area (Å²) in [7, 11) is 0. The molecular weight excluding hydrogens is 289 g/mol. The van der Waals surface area contributed by atoms with Crippen molar-refractivity contribution in [2.75, 3.05) is 13.2 Å². The highest BCUT2D eigenvalue weighted by atomic mass is 79.9. The molecule has 5 heteroatoms. The van der Waals surface area contributed by atoms with E-state index in [0.29, 0.717) is 18.6 Å². The van der Waals surface area contributed by atoms with Gasteiger partial charge < -0.3 is 10.1 Å². The van der Waals surface area contributed by atoms with E-state index in [1.165, 1.54) is 6.07 Å². The van der Waals surface area contributed by atoms with E-state index in [2.05, 4.69) is 21.2 Å². The van der Waals surface area contributed by atoms with Crippen molar-refractivity contribution in [2.45, 2.75) is 18.9 Å². The standard InChI is InChI=1S/C12H13BrFNO2/c1-12(7-17-5-4-11(16)15-12)9-6-8(13)2-3-10(9)14/h2-3,6H,4-5,7H2,1H3,(H,15,16)/t12-/m0/s1. The molecule has 1 aromatic rings. The molecule has 1 N–H and O–H groups in total. The van der Waals surface area contributed by atoms with Crippen LogP contribution in [-0.4, -0.2) is 19.1 Å². The number of carbonyl (C=O) groups is 1. The zero-order valence-electron chi connectivity index (χ0n) is 9.43. The Balaban J connectivity index is 2.41. The molecule has 0 aliphatic carbocycles. The number of ether oxygens (including phenoxy) is 1. The number of hydrogen-bond donors (Lipinski definition) is 1. The molecule has 1 aliphatic rings. The number of halogens is 2. The summed E-state index contributed by atoms with van der Waals surface area (Å²) in [4.78, 5) is 11.5. The Kier molecular flexibility index (Phi) is 3.49. The highest BCUT2D eigenvalue weighted by Gasteiger charge is 2.33. The first-order chi connectivity index (χ1) is 8.01. The molecule has 17 heavy (non-hydrogen) atoms. The largest absolute Gasteiger partial charge is 0.378 e. The van der Waals surface area contributed by atoms with Gasteiger partial charge in [-0.3, -0.25) is 4.79 Å². The number of hydrogen-bond acceptors (Lipinski definition) is 2. The molecule has 0 radical (unpaired) electrons. The van der Waals surface area contributed by atoms with Crippen molar-refractivity contribution in [2.24, 2.45) is 0 Å². The molecule has 0 aromatic heterocycles. The second-order valence-corrected chi connectivity index (χ2v) is 5.22. The second kappa shape index (κ2) is 4.74. The van der Waals surface area contributed by atoms with Gasteiger partial charge in [0.15, 0.2) is 0 Å². The van der Waals surface area contributed by atoms with Gasteiger partial charge in [0.1, 0.15) is 5.82 Å². The molecule has 1 fully saturated rings. The molecule has 1 amide bonds. The number of amides is 1. The van der Waals surface area contributed by atoms with Crippen LogP contribution in [0, 0.1) is 5.82 Å². The highest BCUT2D eigenvalue weighted by molar-refractivity contribution is 9.10. The van der Waals surface area contributed by atoms with Gasteiger partial charge in [-0.25, -0.2) is 4.39 Å². The smallest absolute Gasteiger partial charge is 0.223 e. The van der Waals surface area contributed by atoms with Crippen LogP contribution in [-0.2, 0) is 15.1 Å². The van der Waals surface area contributed by atoms with Crippen LogP contribution in [0.2, 0.25) is 0 Å². The third-order valence-corrected chi connectivity index (χ3v) is 3.30. The first kappa shape index (κ1) is 12.5. The maximum Gasteiger partial charge on any atom is 0.223 e. The van der Waals surface area contributed by atoms with Crippen molar-refractivity contribution < 1.29 is 13.9 Å². The van der Waals surface area contributed by atoms with E-state index < -0.39 is 5.54 Å². The average molecular weight is 302 g/mol. The first-order valence-corrected chi connectivity index (χ1v) is 6.15. The Morgan fingerprint density at radius 2 is 2.29 bits per heavy atom. The minimum absolute atomic E-state index is 0.121. The van der Waals surface area contributed by atoms with E-state index in [-0.39, 0.29) is 18.3 Å². The van der Waals surface area contributed by atoms with Crippen molar-refractivity contribution in [3.63, 3.8) is 0 Å². The van der Waals surface area contributed by atoms with Gasteiger partial charge in [0.25, 0.3) is 0 Å². The third-order valence-electron chi connectivity index (χ3n) is 2.80. The lowest BCUT2D eigenvalue weighted by Crippen LogP contribution is -2.45. The maximum atomic E-state index is 13.8. The van der Waals surface area contributed by atoms with Crippen molar-refractivity contribution in [3.05, 3.63) is 34.1 Å². The monoisotopic (exact) mass is 301 g/mol. The summed E-state index contributed by atoms with van der Waals surface area (Å²) >= 11 is 3.30. The molecule has 0 bridgehead atoms. The first-order valence-electron chi connectivity index (χ1n) is 5.35. The maximum absolute atomic E-state index is 13.8. The summed E-state index contributed by atoms with van der Waals surface area (Å²) in [5.41, 5.74) is -0.385. The molecule has 1 aromatic carbocycles. The van der Waals surface area contributed by atoms with Crippen LogP contribution in [0.3, 0.4) is 0 Å². The number of benzene rings is 1. The lowest BCUT2D eigenvalue weighted by molar-refractivity contribution is -0.122. The summed E-state index contributed by atoms with van der Waals surface area (Å²) in [5.74, 6) is -0.467. The Bertz CT molecular complexity index is 452. The van der Waals surface area contributed by atoms with Crippen molar-refractivity contribution >= 4 is 21.8 Å². The summed E-state index contributed by atoms with van der Waals surface area (Å²) < 4.78 is 20.0. The Labute approximate surface area is 107 Å². The van der Waals surface area contributed by atoms with Gasteiger partial charge in [-0.05, 0) is 25.1 Å². The van der Waals surface area contributed by atoms with E-state index in [0.717, 1.165) is 4.47 Å². The van der Waals surface area contributed by atoms with Gasteiger partial charge >= 0.3 is 0 Å². The number of rotatable bonds is 1. The Hall–Kier alpha value is -0.940. The second-order valence-electron chi connectivity index (χ2n) is 4.31. The highest BCUT2D eigenvalue weighted by Crippen LogP contribution is 2.28.